The molecule has 0 atom stereocenters. The molecule has 1 fully saturated rings. The fourth-order valence-electron chi connectivity index (χ4n) is 3.15. The summed E-state index contributed by atoms with van der Waals surface area (Å²) in [6.45, 7) is 7.91. The molecule has 2 aromatic rings. The molecule has 0 N–H and O–H groups in total. The van der Waals surface area contributed by atoms with Crippen LogP contribution in [0.5, 0.6) is 0 Å². The number of piperazine rings is 1. The molecule has 4 nitrogen and oxygen atoms in total. The Kier molecular flexibility index (Phi) is 4.84. The smallest absolute Gasteiger partial charge is 0.243 e. The van der Waals surface area contributed by atoms with Gasteiger partial charge in [-0.15, -0.1) is 0 Å². The van der Waals surface area contributed by atoms with Gasteiger partial charge in [0.15, 0.2) is 0 Å². The van der Waals surface area contributed by atoms with Crippen LogP contribution in [0.4, 0.5) is 10.1 Å². The number of benzene rings is 2. The van der Waals surface area contributed by atoms with Crippen LogP contribution in [0.2, 0.25) is 0 Å². The lowest BCUT2D eigenvalue weighted by atomic mass is 10.1. The fourth-order valence-corrected chi connectivity index (χ4v) is 4.78. The Labute approximate surface area is 148 Å². The van der Waals surface area contributed by atoms with E-state index in [4.69, 9.17) is 0 Å². The molecule has 0 spiro atoms. The van der Waals surface area contributed by atoms with Gasteiger partial charge in [-0.25, -0.2) is 12.8 Å². The zero-order valence-corrected chi connectivity index (χ0v) is 15.6. The lowest BCUT2D eigenvalue weighted by Crippen LogP contribution is -2.48. The van der Waals surface area contributed by atoms with Gasteiger partial charge in [-0.3, -0.25) is 0 Å². The van der Waals surface area contributed by atoms with Gasteiger partial charge in [0.25, 0.3) is 0 Å². The lowest BCUT2D eigenvalue weighted by molar-refractivity contribution is 0.384. The molecule has 2 aromatic carbocycles. The van der Waals surface area contributed by atoms with Crippen LogP contribution in [0.3, 0.4) is 0 Å². The average Bonchev–Trinajstić information content (AvgIpc) is 2.57. The number of halogens is 1. The maximum Gasteiger partial charge on any atom is 0.243 e. The number of hydrogen-bond donors (Lipinski definition) is 0. The lowest BCUT2D eigenvalue weighted by Gasteiger charge is -2.35. The van der Waals surface area contributed by atoms with Crippen molar-refractivity contribution in [3.05, 3.63) is 58.9 Å². The van der Waals surface area contributed by atoms with Crippen LogP contribution in [0, 0.1) is 26.6 Å². The molecule has 134 valence electrons. The Balaban J connectivity index is 1.76. The first kappa shape index (κ1) is 17.9. The van der Waals surface area contributed by atoms with Crippen LogP contribution in [0.1, 0.15) is 16.7 Å². The van der Waals surface area contributed by atoms with E-state index >= 15 is 0 Å². The van der Waals surface area contributed by atoms with Crippen LogP contribution in [0.25, 0.3) is 0 Å². The zero-order chi connectivity index (χ0) is 18.2. The van der Waals surface area contributed by atoms with Gasteiger partial charge in [-0.05, 0) is 67.8 Å². The summed E-state index contributed by atoms with van der Waals surface area (Å²) in [6, 6.07) is 10.1. The Morgan fingerprint density at radius 2 is 1.52 bits per heavy atom. The highest BCUT2D eigenvalue weighted by atomic mass is 32.2. The molecule has 0 aliphatic carbocycles. The maximum absolute atomic E-state index is 13.3. The van der Waals surface area contributed by atoms with Gasteiger partial charge < -0.3 is 4.90 Å². The molecule has 25 heavy (non-hydrogen) atoms. The first-order chi connectivity index (χ1) is 11.8. The van der Waals surface area contributed by atoms with Crippen molar-refractivity contribution in [1.82, 2.24) is 4.31 Å². The predicted molar refractivity (Wildman–Crippen MR) is 98.0 cm³/mol. The fraction of sp³-hybridized carbons (Fsp3) is 0.368. The van der Waals surface area contributed by atoms with Crippen molar-refractivity contribution in [1.29, 1.82) is 0 Å². The highest BCUT2D eigenvalue weighted by Crippen LogP contribution is 2.24. The van der Waals surface area contributed by atoms with Gasteiger partial charge >= 0.3 is 0 Å². The Morgan fingerprint density at radius 3 is 2.12 bits per heavy atom. The summed E-state index contributed by atoms with van der Waals surface area (Å²) in [5.74, 6) is -0.420. The van der Waals surface area contributed by atoms with Crippen molar-refractivity contribution >= 4 is 15.7 Å². The second-order valence-corrected chi connectivity index (χ2v) is 8.48. The summed E-state index contributed by atoms with van der Waals surface area (Å²) in [5, 5.41) is 0. The monoisotopic (exact) mass is 362 g/mol. The van der Waals surface area contributed by atoms with E-state index in [9.17, 15) is 12.8 Å². The summed E-state index contributed by atoms with van der Waals surface area (Å²) < 4.78 is 40.4. The molecule has 0 bridgehead atoms. The molecule has 0 saturated carbocycles. The molecule has 1 saturated heterocycles. The summed E-state index contributed by atoms with van der Waals surface area (Å²) >= 11 is 0. The van der Waals surface area contributed by atoms with Crippen LogP contribution >= 0.6 is 0 Å². The minimum absolute atomic E-state index is 0.188. The average molecular weight is 362 g/mol. The van der Waals surface area contributed by atoms with Crippen molar-refractivity contribution in [2.75, 3.05) is 31.1 Å². The third-order valence-electron chi connectivity index (χ3n) is 4.85. The molecule has 3 rings (SSSR count). The van der Waals surface area contributed by atoms with Crippen LogP contribution in [-0.2, 0) is 10.0 Å². The van der Waals surface area contributed by atoms with E-state index in [1.807, 2.05) is 0 Å². The standard InChI is InChI=1S/C19H23FN2O2S/c1-14-4-6-18(13-15(14)2)21-8-10-22(11-9-21)25(23,24)19-7-5-17(20)12-16(19)3/h4-7,12-13H,8-11H2,1-3H3. The Bertz CT molecular complexity index is 888. The van der Waals surface area contributed by atoms with Gasteiger partial charge in [-0.1, -0.05) is 6.07 Å². The minimum Gasteiger partial charge on any atom is -0.369 e. The largest absolute Gasteiger partial charge is 0.369 e. The van der Waals surface area contributed by atoms with Crippen LogP contribution < -0.4 is 4.90 Å². The molecule has 0 aromatic heterocycles. The SMILES string of the molecule is Cc1ccc(N2CCN(S(=O)(=O)c3ccc(F)cc3C)CC2)cc1C. The van der Waals surface area contributed by atoms with E-state index in [0.717, 1.165) is 5.69 Å². The molecule has 0 unspecified atom stereocenters. The van der Waals surface area contributed by atoms with E-state index in [0.29, 0.717) is 31.7 Å². The molecule has 1 aliphatic heterocycles. The summed E-state index contributed by atoms with van der Waals surface area (Å²) in [7, 11) is -3.59. The quantitative estimate of drug-likeness (QED) is 0.841. The van der Waals surface area contributed by atoms with Gasteiger partial charge in [0.2, 0.25) is 10.0 Å². The van der Waals surface area contributed by atoms with Crippen molar-refractivity contribution in [2.24, 2.45) is 0 Å². The van der Waals surface area contributed by atoms with Crippen molar-refractivity contribution in [3.8, 4) is 0 Å². The first-order valence-corrected chi connectivity index (χ1v) is 9.81. The number of aryl methyl sites for hydroxylation is 3. The maximum atomic E-state index is 13.3. The summed E-state index contributed by atoms with van der Waals surface area (Å²) in [6.07, 6.45) is 0. The van der Waals surface area contributed by atoms with Crippen molar-refractivity contribution in [2.45, 2.75) is 25.7 Å². The molecule has 1 aliphatic rings. The third-order valence-corrected chi connectivity index (χ3v) is 6.91. The number of sulfonamides is 1. The highest BCUT2D eigenvalue weighted by molar-refractivity contribution is 7.89. The summed E-state index contributed by atoms with van der Waals surface area (Å²) in [5.41, 5.74) is 4.04. The highest BCUT2D eigenvalue weighted by Gasteiger charge is 2.29. The van der Waals surface area contributed by atoms with E-state index in [1.54, 1.807) is 6.92 Å². The molecule has 1 heterocycles. The first-order valence-electron chi connectivity index (χ1n) is 8.37. The number of rotatable bonds is 3. The number of hydrogen-bond acceptors (Lipinski definition) is 3. The van der Waals surface area contributed by atoms with Crippen molar-refractivity contribution < 1.29 is 12.8 Å². The van der Waals surface area contributed by atoms with E-state index in [1.165, 1.54) is 33.6 Å². The van der Waals surface area contributed by atoms with E-state index in [2.05, 4.69) is 36.9 Å². The van der Waals surface area contributed by atoms with Crippen LogP contribution in [0.15, 0.2) is 41.3 Å². The number of nitrogens with zero attached hydrogens (tertiary/aromatic N) is 2. The predicted octanol–water partition coefficient (Wildman–Crippen LogP) is 3.26. The van der Waals surface area contributed by atoms with E-state index < -0.39 is 15.8 Å². The molecule has 6 heteroatoms. The zero-order valence-electron chi connectivity index (χ0n) is 14.8. The van der Waals surface area contributed by atoms with Gasteiger partial charge in [0, 0.05) is 31.9 Å². The summed E-state index contributed by atoms with van der Waals surface area (Å²) in [4.78, 5) is 2.39. The molecular weight excluding hydrogens is 339 g/mol. The van der Waals surface area contributed by atoms with E-state index in [-0.39, 0.29) is 4.90 Å². The Morgan fingerprint density at radius 1 is 0.840 bits per heavy atom. The topological polar surface area (TPSA) is 40.6 Å². The molecular formula is C19H23FN2O2S. The second kappa shape index (κ2) is 6.77. The van der Waals surface area contributed by atoms with Crippen molar-refractivity contribution in [3.63, 3.8) is 0 Å². The second-order valence-electron chi connectivity index (χ2n) is 6.57. The number of anilines is 1. The van der Waals surface area contributed by atoms with Gasteiger partial charge in [0.1, 0.15) is 5.82 Å². The third kappa shape index (κ3) is 3.55. The molecule has 0 amide bonds. The Hall–Kier alpha value is -1.92. The normalized spacial score (nSPS) is 16.2. The van der Waals surface area contributed by atoms with Crippen LogP contribution in [-0.4, -0.2) is 38.9 Å². The minimum atomic E-state index is -3.59. The molecule has 0 radical (unpaired) electrons. The van der Waals surface area contributed by atoms with Gasteiger partial charge in [0.05, 0.1) is 4.90 Å². The van der Waals surface area contributed by atoms with Gasteiger partial charge in [-0.2, -0.15) is 4.31 Å².